The number of hydrogen-bond donors (Lipinski definition) is 2. The lowest BCUT2D eigenvalue weighted by molar-refractivity contribution is 0.421. The van der Waals surface area contributed by atoms with Crippen molar-refractivity contribution in [2.75, 3.05) is 19.6 Å². The predicted octanol–water partition coefficient (Wildman–Crippen LogP) is 3.77. The van der Waals surface area contributed by atoms with Gasteiger partial charge in [-0.3, -0.25) is 9.98 Å². The van der Waals surface area contributed by atoms with E-state index in [-0.39, 0.29) is 5.41 Å². The highest BCUT2D eigenvalue weighted by atomic mass is 16.5. The quantitative estimate of drug-likeness (QED) is 0.405. The molecule has 1 aromatic carbocycles. The SMILES string of the molecule is CCNC(=NCC(C)(C)c1ccc(CC)cc1)NCCc1noc(-c2ccccn2)n1. The molecule has 0 saturated heterocycles. The summed E-state index contributed by atoms with van der Waals surface area (Å²) in [5.74, 6) is 1.86. The minimum absolute atomic E-state index is 0.0557. The summed E-state index contributed by atoms with van der Waals surface area (Å²) in [5.41, 5.74) is 3.27. The summed E-state index contributed by atoms with van der Waals surface area (Å²) in [6, 6.07) is 14.4. The lowest BCUT2D eigenvalue weighted by atomic mass is 9.84. The molecule has 2 heterocycles. The zero-order valence-corrected chi connectivity index (χ0v) is 18.9. The van der Waals surface area contributed by atoms with Crippen LogP contribution in [0.3, 0.4) is 0 Å². The standard InChI is InChI=1S/C24H32N6O/c1-5-18-10-12-19(13-11-18)24(3,4)17-28-23(25-6-2)27-16-14-21-29-22(31-30-21)20-9-7-8-15-26-20/h7-13,15H,5-6,14,16-17H2,1-4H3,(H2,25,27,28). The number of benzene rings is 1. The summed E-state index contributed by atoms with van der Waals surface area (Å²) >= 11 is 0. The number of hydrogen-bond acceptors (Lipinski definition) is 5. The maximum absolute atomic E-state index is 5.32. The van der Waals surface area contributed by atoms with Crippen LogP contribution in [0.15, 0.2) is 58.2 Å². The number of aliphatic imine (C=N–C) groups is 1. The number of nitrogens with zero attached hydrogens (tertiary/aromatic N) is 4. The predicted molar refractivity (Wildman–Crippen MR) is 124 cm³/mol. The Balaban J connectivity index is 1.56. The number of aromatic nitrogens is 3. The Morgan fingerprint density at radius 3 is 2.55 bits per heavy atom. The third-order valence-corrected chi connectivity index (χ3v) is 5.11. The first-order valence-corrected chi connectivity index (χ1v) is 10.9. The van der Waals surface area contributed by atoms with Gasteiger partial charge in [0.2, 0.25) is 0 Å². The van der Waals surface area contributed by atoms with Crippen LogP contribution in [0, 0.1) is 0 Å². The third-order valence-electron chi connectivity index (χ3n) is 5.11. The van der Waals surface area contributed by atoms with Gasteiger partial charge in [0.1, 0.15) is 5.69 Å². The van der Waals surface area contributed by atoms with Crippen molar-refractivity contribution in [1.29, 1.82) is 0 Å². The van der Waals surface area contributed by atoms with Crippen LogP contribution in [0.4, 0.5) is 0 Å². The Labute approximate surface area is 184 Å². The molecule has 164 valence electrons. The van der Waals surface area contributed by atoms with Crippen molar-refractivity contribution >= 4 is 5.96 Å². The molecule has 0 aliphatic heterocycles. The molecule has 0 unspecified atom stereocenters. The van der Waals surface area contributed by atoms with Crippen LogP contribution in [0.1, 0.15) is 44.6 Å². The van der Waals surface area contributed by atoms with Gasteiger partial charge < -0.3 is 15.2 Å². The molecule has 0 atom stereocenters. The summed E-state index contributed by atoms with van der Waals surface area (Å²) in [4.78, 5) is 13.5. The fourth-order valence-electron chi connectivity index (χ4n) is 3.14. The fraction of sp³-hybridized carbons (Fsp3) is 0.417. The smallest absolute Gasteiger partial charge is 0.276 e. The summed E-state index contributed by atoms with van der Waals surface area (Å²) in [6.07, 6.45) is 3.39. The van der Waals surface area contributed by atoms with Crippen molar-refractivity contribution in [3.05, 3.63) is 65.6 Å². The highest BCUT2D eigenvalue weighted by molar-refractivity contribution is 5.79. The Hall–Kier alpha value is -3.22. The van der Waals surface area contributed by atoms with Crippen LogP contribution >= 0.6 is 0 Å². The molecule has 2 aromatic heterocycles. The zero-order chi connectivity index (χ0) is 22.1. The second kappa shape index (κ2) is 10.7. The Morgan fingerprint density at radius 2 is 1.87 bits per heavy atom. The highest BCUT2D eigenvalue weighted by Gasteiger charge is 2.20. The van der Waals surface area contributed by atoms with Crippen LogP contribution in [-0.4, -0.2) is 40.7 Å². The van der Waals surface area contributed by atoms with Gasteiger partial charge in [-0.1, -0.05) is 56.3 Å². The Kier molecular flexibility index (Phi) is 7.76. The van der Waals surface area contributed by atoms with Crippen molar-refractivity contribution in [3.63, 3.8) is 0 Å². The molecule has 7 nitrogen and oxygen atoms in total. The van der Waals surface area contributed by atoms with Gasteiger partial charge in [-0.2, -0.15) is 4.98 Å². The monoisotopic (exact) mass is 420 g/mol. The number of guanidine groups is 1. The van der Waals surface area contributed by atoms with Gasteiger partial charge in [-0.05, 0) is 36.6 Å². The van der Waals surface area contributed by atoms with E-state index in [1.165, 1.54) is 11.1 Å². The molecule has 0 amide bonds. The zero-order valence-electron chi connectivity index (χ0n) is 18.9. The number of nitrogens with one attached hydrogen (secondary N) is 2. The van der Waals surface area contributed by atoms with E-state index in [9.17, 15) is 0 Å². The van der Waals surface area contributed by atoms with E-state index < -0.39 is 0 Å². The van der Waals surface area contributed by atoms with Crippen LogP contribution in [-0.2, 0) is 18.3 Å². The Bertz CT molecular complexity index is 963. The van der Waals surface area contributed by atoms with Gasteiger partial charge in [0.15, 0.2) is 11.8 Å². The van der Waals surface area contributed by atoms with Crippen LogP contribution in [0.2, 0.25) is 0 Å². The van der Waals surface area contributed by atoms with Crippen LogP contribution in [0.25, 0.3) is 11.6 Å². The fourth-order valence-corrected chi connectivity index (χ4v) is 3.14. The molecule has 0 aliphatic rings. The lowest BCUT2D eigenvalue weighted by Crippen LogP contribution is -2.39. The van der Waals surface area contributed by atoms with Crippen molar-refractivity contribution in [2.24, 2.45) is 4.99 Å². The summed E-state index contributed by atoms with van der Waals surface area (Å²) in [6.45, 7) is 10.8. The van der Waals surface area contributed by atoms with Crippen molar-refractivity contribution < 1.29 is 4.52 Å². The third kappa shape index (κ3) is 6.38. The maximum atomic E-state index is 5.32. The van der Waals surface area contributed by atoms with E-state index in [1.807, 2.05) is 18.2 Å². The van der Waals surface area contributed by atoms with Gasteiger partial charge in [0.25, 0.3) is 5.89 Å². The molecule has 31 heavy (non-hydrogen) atoms. The molecule has 0 fully saturated rings. The van der Waals surface area contributed by atoms with Crippen molar-refractivity contribution in [1.82, 2.24) is 25.8 Å². The average molecular weight is 421 g/mol. The largest absolute Gasteiger partial charge is 0.357 e. The molecule has 2 N–H and O–H groups in total. The van der Waals surface area contributed by atoms with Crippen molar-refractivity contribution in [2.45, 2.75) is 46.0 Å². The van der Waals surface area contributed by atoms with E-state index >= 15 is 0 Å². The molecular weight excluding hydrogens is 388 g/mol. The summed E-state index contributed by atoms with van der Waals surface area (Å²) < 4.78 is 5.32. The van der Waals surface area contributed by atoms with Gasteiger partial charge in [-0.15, -0.1) is 0 Å². The Morgan fingerprint density at radius 1 is 1.06 bits per heavy atom. The van der Waals surface area contributed by atoms with Crippen molar-refractivity contribution in [3.8, 4) is 11.6 Å². The van der Waals surface area contributed by atoms with E-state index in [0.29, 0.717) is 36.9 Å². The lowest BCUT2D eigenvalue weighted by Gasteiger charge is -2.24. The topological polar surface area (TPSA) is 88.2 Å². The van der Waals surface area contributed by atoms with Gasteiger partial charge >= 0.3 is 0 Å². The molecule has 0 bridgehead atoms. The summed E-state index contributed by atoms with van der Waals surface area (Å²) in [5, 5.41) is 10.7. The van der Waals surface area contributed by atoms with Crippen LogP contribution < -0.4 is 10.6 Å². The van der Waals surface area contributed by atoms with Gasteiger partial charge in [0.05, 0.1) is 6.54 Å². The minimum atomic E-state index is -0.0557. The maximum Gasteiger partial charge on any atom is 0.276 e. The average Bonchev–Trinajstić information content (AvgIpc) is 3.27. The van der Waals surface area contributed by atoms with E-state index in [4.69, 9.17) is 9.52 Å². The second-order valence-corrected chi connectivity index (χ2v) is 8.04. The first kappa shape index (κ1) is 22.5. The first-order chi connectivity index (χ1) is 15.0. The molecule has 7 heteroatoms. The van der Waals surface area contributed by atoms with E-state index in [2.05, 4.69) is 77.7 Å². The van der Waals surface area contributed by atoms with E-state index in [0.717, 1.165) is 18.9 Å². The van der Waals surface area contributed by atoms with Crippen LogP contribution in [0.5, 0.6) is 0 Å². The number of pyridine rings is 1. The minimum Gasteiger partial charge on any atom is -0.357 e. The van der Waals surface area contributed by atoms with Gasteiger partial charge in [-0.25, -0.2) is 0 Å². The van der Waals surface area contributed by atoms with Gasteiger partial charge in [0, 0.05) is 31.1 Å². The number of rotatable bonds is 9. The molecule has 0 saturated carbocycles. The molecule has 0 aliphatic carbocycles. The second-order valence-electron chi connectivity index (χ2n) is 8.04. The molecular formula is C24H32N6O. The number of aryl methyl sites for hydroxylation is 1. The molecule has 0 spiro atoms. The molecule has 3 aromatic rings. The van der Waals surface area contributed by atoms with E-state index in [1.54, 1.807) is 6.20 Å². The normalized spacial score (nSPS) is 12.1. The highest BCUT2D eigenvalue weighted by Crippen LogP contribution is 2.24. The first-order valence-electron chi connectivity index (χ1n) is 10.9. The molecule has 3 rings (SSSR count). The molecule has 0 radical (unpaired) electrons. The summed E-state index contributed by atoms with van der Waals surface area (Å²) in [7, 11) is 0.